The molecule has 7 heteroatoms. The molecule has 148 valence electrons. The van der Waals surface area contributed by atoms with Crippen molar-refractivity contribution in [3.05, 3.63) is 41.2 Å². The first-order valence-electron chi connectivity index (χ1n) is 9.83. The molecule has 0 radical (unpaired) electrons. The summed E-state index contributed by atoms with van der Waals surface area (Å²) in [5.74, 6) is 2.40. The molecule has 0 spiro atoms. The van der Waals surface area contributed by atoms with Crippen LogP contribution in [-0.4, -0.2) is 46.5 Å². The number of hydrogen-bond acceptors (Lipinski definition) is 5. The van der Waals surface area contributed by atoms with Gasteiger partial charge in [-0.1, -0.05) is 24.1 Å². The summed E-state index contributed by atoms with van der Waals surface area (Å²) in [6.07, 6.45) is 4.77. The van der Waals surface area contributed by atoms with E-state index in [0.717, 1.165) is 43.9 Å². The third kappa shape index (κ3) is 3.92. The van der Waals surface area contributed by atoms with Crippen LogP contribution in [0.25, 0.3) is 0 Å². The largest absolute Gasteiger partial charge is 0.437 e. The number of carbonyl (C=O) groups is 1. The first kappa shape index (κ1) is 19.0. The lowest BCUT2D eigenvalue weighted by Gasteiger charge is -2.43. The number of hydrogen-bond donors (Lipinski definition) is 0. The van der Waals surface area contributed by atoms with Crippen molar-refractivity contribution in [1.82, 2.24) is 14.9 Å². The lowest BCUT2D eigenvalue weighted by molar-refractivity contribution is -0.140. The van der Waals surface area contributed by atoms with Crippen LogP contribution in [-0.2, 0) is 4.79 Å². The maximum Gasteiger partial charge on any atom is 0.226 e. The summed E-state index contributed by atoms with van der Waals surface area (Å²) < 4.78 is 5.89. The topological polar surface area (TPSA) is 58.6 Å². The van der Waals surface area contributed by atoms with Gasteiger partial charge in [0.1, 0.15) is 17.9 Å². The zero-order chi connectivity index (χ0) is 19.7. The zero-order valence-electron chi connectivity index (χ0n) is 16.3. The van der Waals surface area contributed by atoms with Crippen LogP contribution in [0.3, 0.4) is 0 Å². The third-order valence-corrected chi connectivity index (χ3v) is 5.93. The van der Waals surface area contributed by atoms with Gasteiger partial charge in [-0.15, -0.1) is 0 Å². The Balaban J connectivity index is 1.44. The minimum Gasteiger partial charge on any atom is -0.437 e. The quantitative estimate of drug-likeness (QED) is 0.774. The molecule has 0 bridgehead atoms. The summed E-state index contributed by atoms with van der Waals surface area (Å²) in [6, 6.07) is 7.62. The molecule has 1 aliphatic carbocycles. The van der Waals surface area contributed by atoms with E-state index in [1.807, 2.05) is 36.1 Å². The van der Waals surface area contributed by atoms with Crippen molar-refractivity contribution in [3.63, 3.8) is 0 Å². The number of carbonyl (C=O) groups excluding carboxylic acids is 1. The number of aryl methyl sites for hydroxylation is 1. The SMILES string of the molecule is Cc1ccc(Cl)c(Oc2cc(N3CCN(C(=O)C4CCC4)C(C)C3)ncn2)c1. The molecule has 4 rings (SSSR count). The Morgan fingerprint density at radius 2 is 2.04 bits per heavy atom. The number of benzene rings is 1. The van der Waals surface area contributed by atoms with Crippen LogP contribution in [0, 0.1) is 12.8 Å². The fourth-order valence-corrected chi connectivity index (χ4v) is 3.90. The van der Waals surface area contributed by atoms with E-state index < -0.39 is 0 Å². The Kier molecular flexibility index (Phi) is 5.40. The third-order valence-electron chi connectivity index (χ3n) is 5.62. The Hall–Kier alpha value is -2.34. The predicted molar refractivity (Wildman–Crippen MR) is 109 cm³/mol. The van der Waals surface area contributed by atoms with E-state index >= 15 is 0 Å². The molecule has 2 heterocycles. The molecule has 6 nitrogen and oxygen atoms in total. The van der Waals surface area contributed by atoms with E-state index in [1.165, 1.54) is 12.7 Å². The van der Waals surface area contributed by atoms with Crippen molar-refractivity contribution < 1.29 is 9.53 Å². The van der Waals surface area contributed by atoms with Gasteiger partial charge in [-0.25, -0.2) is 9.97 Å². The van der Waals surface area contributed by atoms with Gasteiger partial charge in [0.05, 0.1) is 5.02 Å². The predicted octanol–water partition coefficient (Wildman–Crippen LogP) is 4.07. The van der Waals surface area contributed by atoms with E-state index in [2.05, 4.69) is 21.8 Å². The summed E-state index contributed by atoms with van der Waals surface area (Å²) in [4.78, 5) is 25.4. The van der Waals surface area contributed by atoms with Crippen LogP contribution in [0.1, 0.15) is 31.7 Å². The van der Waals surface area contributed by atoms with Crippen molar-refractivity contribution in [2.45, 2.75) is 39.2 Å². The van der Waals surface area contributed by atoms with Gasteiger partial charge in [0.2, 0.25) is 11.8 Å². The maximum atomic E-state index is 12.6. The van der Waals surface area contributed by atoms with Crippen molar-refractivity contribution in [2.75, 3.05) is 24.5 Å². The Morgan fingerprint density at radius 1 is 1.21 bits per heavy atom. The maximum absolute atomic E-state index is 12.6. The average molecular weight is 401 g/mol. The highest BCUT2D eigenvalue weighted by molar-refractivity contribution is 6.32. The lowest BCUT2D eigenvalue weighted by atomic mass is 9.84. The molecule has 1 saturated carbocycles. The van der Waals surface area contributed by atoms with Gasteiger partial charge in [-0.05, 0) is 44.4 Å². The molecule has 1 amide bonds. The number of ether oxygens (including phenoxy) is 1. The minimum absolute atomic E-state index is 0.160. The molecule has 1 aliphatic heterocycles. The van der Waals surface area contributed by atoms with E-state index in [1.54, 1.807) is 0 Å². The van der Waals surface area contributed by atoms with Crippen molar-refractivity contribution in [3.8, 4) is 11.6 Å². The summed E-state index contributed by atoms with van der Waals surface area (Å²) in [5.41, 5.74) is 1.06. The van der Waals surface area contributed by atoms with Gasteiger partial charge in [-0.3, -0.25) is 4.79 Å². The van der Waals surface area contributed by atoms with Crippen LogP contribution >= 0.6 is 11.6 Å². The summed E-state index contributed by atoms with van der Waals surface area (Å²) in [6.45, 7) is 6.32. The highest BCUT2D eigenvalue weighted by Crippen LogP contribution is 2.32. The smallest absolute Gasteiger partial charge is 0.226 e. The van der Waals surface area contributed by atoms with Crippen LogP contribution in [0.15, 0.2) is 30.6 Å². The summed E-state index contributed by atoms with van der Waals surface area (Å²) >= 11 is 6.23. The second kappa shape index (κ2) is 7.95. The van der Waals surface area contributed by atoms with Crippen LogP contribution in [0.4, 0.5) is 5.82 Å². The molecule has 1 aromatic heterocycles. The van der Waals surface area contributed by atoms with Gasteiger partial charge in [0, 0.05) is 37.7 Å². The van der Waals surface area contributed by atoms with Crippen molar-refractivity contribution in [2.24, 2.45) is 5.92 Å². The molecule has 28 heavy (non-hydrogen) atoms. The Bertz CT molecular complexity index is 871. The van der Waals surface area contributed by atoms with E-state index in [-0.39, 0.29) is 12.0 Å². The molecule has 2 fully saturated rings. The van der Waals surface area contributed by atoms with Gasteiger partial charge >= 0.3 is 0 Å². The van der Waals surface area contributed by atoms with Gasteiger partial charge in [0.15, 0.2) is 0 Å². The minimum atomic E-state index is 0.160. The summed E-state index contributed by atoms with van der Waals surface area (Å²) in [7, 11) is 0. The number of aromatic nitrogens is 2. The number of amides is 1. The summed E-state index contributed by atoms with van der Waals surface area (Å²) in [5, 5.41) is 0.544. The number of anilines is 1. The van der Waals surface area contributed by atoms with E-state index in [4.69, 9.17) is 16.3 Å². The first-order valence-corrected chi connectivity index (χ1v) is 10.2. The molecule has 1 saturated heterocycles. The zero-order valence-corrected chi connectivity index (χ0v) is 17.0. The first-order chi connectivity index (χ1) is 13.5. The molecule has 1 unspecified atom stereocenters. The highest BCUT2D eigenvalue weighted by Gasteiger charge is 2.34. The number of rotatable bonds is 4. The van der Waals surface area contributed by atoms with E-state index in [0.29, 0.717) is 22.6 Å². The molecule has 1 aromatic carbocycles. The van der Waals surface area contributed by atoms with Crippen molar-refractivity contribution in [1.29, 1.82) is 0 Å². The Labute approximate surface area is 170 Å². The molecule has 2 aromatic rings. The standard InChI is InChI=1S/C21H25ClN4O2/c1-14-6-7-17(22)18(10-14)28-20-11-19(23-13-24-20)25-8-9-26(15(2)12-25)21(27)16-4-3-5-16/h6-7,10-11,13,15-16H,3-5,8-9,12H2,1-2H3. The number of nitrogens with zero attached hydrogens (tertiary/aromatic N) is 4. The molecular formula is C21H25ClN4O2. The number of halogens is 1. The van der Waals surface area contributed by atoms with Crippen molar-refractivity contribution >= 4 is 23.3 Å². The molecule has 0 N–H and O–H groups in total. The van der Waals surface area contributed by atoms with E-state index in [9.17, 15) is 4.79 Å². The fraction of sp³-hybridized carbons (Fsp3) is 0.476. The second-order valence-electron chi connectivity index (χ2n) is 7.70. The molecule has 1 atom stereocenters. The molecular weight excluding hydrogens is 376 g/mol. The van der Waals surface area contributed by atoms with Crippen LogP contribution in [0.5, 0.6) is 11.6 Å². The van der Waals surface area contributed by atoms with Gasteiger partial charge < -0.3 is 14.5 Å². The lowest BCUT2D eigenvalue weighted by Crippen LogP contribution is -2.56. The number of piperazine rings is 1. The monoisotopic (exact) mass is 400 g/mol. The van der Waals surface area contributed by atoms with Crippen LogP contribution < -0.4 is 9.64 Å². The fourth-order valence-electron chi connectivity index (χ4n) is 3.74. The Morgan fingerprint density at radius 3 is 2.75 bits per heavy atom. The average Bonchev–Trinajstić information content (AvgIpc) is 2.63. The second-order valence-corrected chi connectivity index (χ2v) is 8.11. The normalized spacial score (nSPS) is 20.0. The van der Waals surface area contributed by atoms with Crippen LogP contribution in [0.2, 0.25) is 5.02 Å². The van der Waals surface area contributed by atoms with Gasteiger partial charge in [0.25, 0.3) is 0 Å². The molecule has 2 aliphatic rings. The van der Waals surface area contributed by atoms with Gasteiger partial charge in [-0.2, -0.15) is 0 Å². The highest BCUT2D eigenvalue weighted by atomic mass is 35.5.